The number of carbonyl (C=O) groups is 2. The first-order valence-electron chi connectivity index (χ1n) is 8.49. The van der Waals surface area contributed by atoms with E-state index in [0.29, 0.717) is 38.0 Å². The van der Waals surface area contributed by atoms with Gasteiger partial charge in [0.15, 0.2) is 0 Å². The number of aryl methyl sites for hydroxylation is 2. The van der Waals surface area contributed by atoms with Crippen molar-refractivity contribution in [2.24, 2.45) is 0 Å². The number of hydrogen-bond donors (Lipinski definition) is 1. The number of nitrogens with one attached hydrogen (secondary N) is 1. The molecule has 1 N–H and O–H groups in total. The van der Waals surface area contributed by atoms with Gasteiger partial charge in [0.05, 0.1) is 24.9 Å². The van der Waals surface area contributed by atoms with Gasteiger partial charge in [-0.2, -0.15) is 0 Å². The Balaban J connectivity index is 1.66. The summed E-state index contributed by atoms with van der Waals surface area (Å²) in [5.74, 6) is 0.617. The van der Waals surface area contributed by atoms with Gasteiger partial charge in [-0.05, 0) is 37.8 Å². The van der Waals surface area contributed by atoms with E-state index >= 15 is 0 Å². The van der Waals surface area contributed by atoms with E-state index in [1.807, 2.05) is 13.8 Å². The molecular weight excluding hydrogens is 336 g/mol. The predicted molar refractivity (Wildman–Crippen MR) is 92.8 cm³/mol. The average Bonchev–Trinajstić information content (AvgIpc) is 2.98. The highest BCUT2D eigenvalue weighted by atomic mass is 16.5. The lowest BCUT2D eigenvalue weighted by Gasteiger charge is -2.28. The molecule has 0 fully saturated rings. The number of aromatic nitrogens is 2. The molecule has 138 valence electrons. The van der Waals surface area contributed by atoms with Crippen molar-refractivity contribution in [3.8, 4) is 0 Å². The number of carbonyl (C=O) groups excluding carboxylic acids is 2. The highest BCUT2D eigenvalue weighted by molar-refractivity contribution is 5.95. The first kappa shape index (κ1) is 17.9. The molecule has 26 heavy (non-hydrogen) atoms. The summed E-state index contributed by atoms with van der Waals surface area (Å²) < 4.78 is 9.90. The van der Waals surface area contributed by atoms with Crippen LogP contribution in [0.2, 0.25) is 0 Å². The second-order valence-corrected chi connectivity index (χ2v) is 6.27. The van der Waals surface area contributed by atoms with E-state index in [-0.39, 0.29) is 12.0 Å². The number of rotatable bonds is 4. The largest absolute Gasteiger partial charge is 0.453 e. The Labute approximate surface area is 151 Å². The molecule has 0 aliphatic carbocycles. The molecule has 0 unspecified atom stereocenters. The second kappa shape index (κ2) is 7.55. The van der Waals surface area contributed by atoms with Gasteiger partial charge in [-0.1, -0.05) is 5.16 Å². The summed E-state index contributed by atoms with van der Waals surface area (Å²) >= 11 is 0. The summed E-state index contributed by atoms with van der Waals surface area (Å²) in [6, 6.07) is 0. The predicted octanol–water partition coefficient (Wildman–Crippen LogP) is 1.78. The zero-order valence-electron chi connectivity index (χ0n) is 15.2. The number of pyridine rings is 1. The lowest BCUT2D eigenvalue weighted by Crippen LogP contribution is -2.37. The number of ether oxygens (including phenoxy) is 1. The van der Waals surface area contributed by atoms with Crippen molar-refractivity contribution < 1.29 is 18.8 Å². The van der Waals surface area contributed by atoms with Gasteiger partial charge >= 0.3 is 6.09 Å². The van der Waals surface area contributed by atoms with E-state index in [0.717, 1.165) is 28.1 Å². The zero-order valence-corrected chi connectivity index (χ0v) is 15.2. The maximum Gasteiger partial charge on any atom is 0.409 e. The maximum absolute atomic E-state index is 12.6. The summed E-state index contributed by atoms with van der Waals surface area (Å²) in [5.41, 5.74) is 4.24. The minimum absolute atomic E-state index is 0.160. The molecule has 0 saturated heterocycles. The third-order valence-corrected chi connectivity index (χ3v) is 4.66. The standard InChI is InChI=1S/C18H22N4O4/c1-11-14(12(2)26-21-11)4-6-20-17(23)16-9-19-8-13-10-22(18(24)25-3)7-5-15(13)16/h8-9H,4-7,10H2,1-3H3,(H,20,23). The Bertz CT molecular complexity index is 811. The van der Waals surface area contributed by atoms with Crippen LogP contribution in [0.1, 0.15) is 38.5 Å². The fraction of sp³-hybridized carbons (Fsp3) is 0.444. The normalized spacial score (nSPS) is 13.3. The summed E-state index contributed by atoms with van der Waals surface area (Å²) in [4.78, 5) is 30.0. The molecule has 8 nitrogen and oxygen atoms in total. The fourth-order valence-electron chi connectivity index (χ4n) is 3.23. The van der Waals surface area contributed by atoms with E-state index < -0.39 is 0 Å². The summed E-state index contributed by atoms with van der Waals surface area (Å²) in [5, 5.41) is 6.85. The molecular formula is C18H22N4O4. The van der Waals surface area contributed by atoms with Gasteiger partial charge in [0.25, 0.3) is 5.91 Å². The first-order chi connectivity index (χ1) is 12.5. The monoisotopic (exact) mass is 358 g/mol. The first-order valence-corrected chi connectivity index (χ1v) is 8.49. The molecule has 2 amide bonds. The Morgan fingerprint density at radius 2 is 2.15 bits per heavy atom. The van der Waals surface area contributed by atoms with Crippen LogP contribution in [0, 0.1) is 13.8 Å². The molecule has 1 aliphatic heterocycles. The van der Waals surface area contributed by atoms with E-state index in [1.165, 1.54) is 7.11 Å². The van der Waals surface area contributed by atoms with E-state index in [9.17, 15) is 9.59 Å². The van der Waals surface area contributed by atoms with Crippen LogP contribution in [0.4, 0.5) is 4.79 Å². The summed E-state index contributed by atoms with van der Waals surface area (Å²) in [6.45, 7) is 5.15. The van der Waals surface area contributed by atoms with Crippen molar-refractivity contribution in [3.05, 3.63) is 46.1 Å². The van der Waals surface area contributed by atoms with Gasteiger partial charge in [0.2, 0.25) is 0 Å². The van der Waals surface area contributed by atoms with Crippen molar-refractivity contribution in [2.75, 3.05) is 20.2 Å². The molecule has 0 spiro atoms. The van der Waals surface area contributed by atoms with Crippen molar-refractivity contribution >= 4 is 12.0 Å². The maximum atomic E-state index is 12.6. The van der Waals surface area contributed by atoms with Gasteiger partial charge in [0, 0.05) is 31.0 Å². The number of amides is 2. The van der Waals surface area contributed by atoms with Gasteiger partial charge in [0.1, 0.15) is 5.76 Å². The Kier molecular flexibility index (Phi) is 5.20. The molecule has 0 aromatic carbocycles. The third kappa shape index (κ3) is 3.54. The van der Waals surface area contributed by atoms with E-state index in [2.05, 4.69) is 15.5 Å². The molecule has 3 rings (SSSR count). The van der Waals surface area contributed by atoms with Crippen molar-refractivity contribution in [2.45, 2.75) is 33.2 Å². The van der Waals surface area contributed by atoms with Gasteiger partial charge < -0.3 is 19.5 Å². The number of hydrogen-bond acceptors (Lipinski definition) is 6. The molecule has 0 saturated carbocycles. The van der Waals surface area contributed by atoms with Crippen LogP contribution in [-0.2, 0) is 24.1 Å². The topological polar surface area (TPSA) is 97.6 Å². The van der Waals surface area contributed by atoms with Crippen LogP contribution >= 0.6 is 0 Å². The highest BCUT2D eigenvalue weighted by Gasteiger charge is 2.25. The van der Waals surface area contributed by atoms with Crippen LogP contribution in [-0.4, -0.2) is 47.2 Å². The van der Waals surface area contributed by atoms with Gasteiger partial charge in [-0.25, -0.2) is 4.79 Å². The quantitative estimate of drug-likeness (QED) is 0.895. The Hall–Kier alpha value is -2.90. The average molecular weight is 358 g/mol. The molecule has 2 aromatic rings. The van der Waals surface area contributed by atoms with Crippen molar-refractivity contribution in [1.82, 2.24) is 20.4 Å². The molecule has 0 radical (unpaired) electrons. The molecule has 2 aromatic heterocycles. The van der Waals surface area contributed by atoms with E-state index in [4.69, 9.17) is 9.26 Å². The van der Waals surface area contributed by atoms with Gasteiger partial charge in [-0.15, -0.1) is 0 Å². The smallest absolute Gasteiger partial charge is 0.409 e. The van der Waals surface area contributed by atoms with Crippen molar-refractivity contribution in [3.63, 3.8) is 0 Å². The summed E-state index contributed by atoms with van der Waals surface area (Å²) in [7, 11) is 1.36. The number of fused-ring (bicyclic) bond motifs is 1. The minimum Gasteiger partial charge on any atom is -0.453 e. The Morgan fingerprint density at radius 3 is 2.85 bits per heavy atom. The SMILES string of the molecule is COC(=O)N1CCc2c(cncc2C(=O)NCCc2c(C)noc2C)C1. The number of nitrogens with zero attached hydrogens (tertiary/aromatic N) is 3. The van der Waals surface area contributed by atoms with Crippen LogP contribution in [0.5, 0.6) is 0 Å². The van der Waals surface area contributed by atoms with Crippen molar-refractivity contribution in [1.29, 1.82) is 0 Å². The van der Waals surface area contributed by atoms with Crippen LogP contribution in [0.15, 0.2) is 16.9 Å². The molecule has 0 bridgehead atoms. The lowest BCUT2D eigenvalue weighted by atomic mass is 9.97. The van der Waals surface area contributed by atoms with Crippen LogP contribution < -0.4 is 5.32 Å². The molecule has 8 heteroatoms. The minimum atomic E-state index is -0.370. The van der Waals surface area contributed by atoms with Crippen LogP contribution in [0.3, 0.4) is 0 Å². The van der Waals surface area contributed by atoms with Gasteiger partial charge in [-0.3, -0.25) is 9.78 Å². The van der Waals surface area contributed by atoms with Crippen LogP contribution in [0.25, 0.3) is 0 Å². The highest BCUT2D eigenvalue weighted by Crippen LogP contribution is 2.22. The van der Waals surface area contributed by atoms with E-state index in [1.54, 1.807) is 17.3 Å². The Morgan fingerprint density at radius 1 is 1.35 bits per heavy atom. The number of methoxy groups -OCH3 is 1. The summed E-state index contributed by atoms with van der Waals surface area (Å²) in [6.07, 6.45) is 4.17. The fourth-order valence-corrected chi connectivity index (χ4v) is 3.23. The zero-order chi connectivity index (χ0) is 18.7. The lowest BCUT2D eigenvalue weighted by molar-refractivity contribution is 0.0951. The molecule has 0 atom stereocenters. The second-order valence-electron chi connectivity index (χ2n) is 6.27. The molecule has 3 heterocycles. The third-order valence-electron chi connectivity index (χ3n) is 4.66. The molecule has 1 aliphatic rings.